The average molecular weight is 372 g/mol. The lowest BCUT2D eigenvalue weighted by atomic mass is 9.87. The van der Waals surface area contributed by atoms with E-state index in [2.05, 4.69) is 10.4 Å². The van der Waals surface area contributed by atoms with Crippen LogP contribution in [0.2, 0.25) is 0 Å². The van der Waals surface area contributed by atoms with E-state index in [0.29, 0.717) is 18.2 Å². The number of primary amides is 1. The van der Waals surface area contributed by atoms with Crippen molar-refractivity contribution >= 4 is 22.7 Å². The Balaban J connectivity index is 1.87. The first-order chi connectivity index (χ1) is 12.9. The van der Waals surface area contributed by atoms with Gasteiger partial charge in [-0.1, -0.05) is 38.5 Å². The SMILES string of the molecule is CC(C)C(NC(=O)c1nn(CC2CCCC(O)C2)c2ccccc12)C(N)=O. The molecule has 146 valence electrons. The van der Waals surface area contributed by atoms with E-state index < -0.39 is 17.9 Å². The lowest BCUT2D eigenvalue weighted by Crippen LogP contribution is -2.47. The maximum absolute atomic E-state index is 12.8. The molecule has 0 radical (unpaired) electrons. The van der Waals surface area contributed by atoms with E-state index in [0.717, 1.165) is 36.6 Å². The zero-order valence-corrected chi connectivity index (χ0v) is 15.9. The normalized spacial score (nSPS) is 21.3. The fourth-order valence-electron chi connectivity index (χ4n) is 3.88. The molecule has 0 bridgehead atoms. The number of hydrogen-bond acceptors (Lipinski definition) is 4. The van der Waals surface area contributed by atoms with E-state index >= 15 is 0 Å². The Morgan fingerprint density at radius 3 is 2.74 bits per heavy atom. The monoisotopic (exact) mass is 372 g/mol. The first-order valence-electron chi connectivity index (χ1n) is 9.60. The third-order valence-corrected chi connectivity index (χ3v) is 5.32. The van der Waals surface area contributed by atoms with Crippen LogP contribution in [-0.2, 0) is 11.3 Å². The Labute approximate surface area is 158 Å². The molecule has 2 aromatic rings. The molecular weight excluding hydrogens is 344 g/mol. The first-order valence-corrected chi connectivity index (χ1v) is 9.60. The summed E-state index contributed by atoms with van der Waals surface area (Å²) in [6.07, 6.45) is 3.41. The van der Waals surface area contributed by atoms with Gasteiger partial charge in [0.15, 0.2) is 5.69 Å². The van der Waals surface area contributed by atoms with E-state index in [4.69, 9.17) is 5.73 Å². The van der Waals surface area contributed by atoms with Crippen molar-refractivity contribution in [2.24, 2.45) is 17.6 Å². The van der Waals surface area contributed by atoms with E-state index in [1.54, 1.807) is 0 Å². The van der Waals surface area contributed by atoms with Crippen LogP contribution in [0.15, 0.2) is 24.3 Å². The van der Waals surface area contributed by atoms with Crippen molar-refractivity contribution in [1.82, 2.24) is 15.1 Å². The molecule has 1 aromatic carbocycles. The Kier molecular flexibility index (Phi) is 5.79. The van der Waals surface area contributed by atoms with Crippen molar-refractivity contribution in [3.8, 4) is 0 Å². The molecule has 0 aliphatic heterocycles. The third-order valence-electron chi connectivity index (χ3n) is 5.32. The molecule has 1 fully saturated rings. The molecule has 1 aliphatic rings. The number of para-hydroxylation sites is 1. The minimum Gasteiger partial charge on any atom is -0.393 e. The van der Waals surface area contributed by atoms with Gasteiger partial charge in [-0.25, -0.2) is 0 Å². The standard InChI is InChI=1S/C20H28N4O3/c1-12(2)17(19(21)26)22-20(27)18-15-8-3-4-9-16(15)24(23-18)11-13-6-5-7-14(25)10-13/h3-4,8-9,12-14,17,25H,5-7,10-11H2,1-2H3,(H2,21,26)(H,22,27). The van der Waals surface area contributed by atoms with Crippen LogP contribution in [-0.4, -0.2) is 38.8 Å². The quantitative estimate of drug-likeness (QED) is 0.718. The molecule has 1 saturated carbocycles. The van der Waals surface area contributed by atoms with E-state index in [1.807, 2.05) is 42.8 Å². The van der Waals surface area contributed by atoms with Gasteiger partial charge in [0.1, 0.15) is 6.04 Å². The minimum absolute atomic E-state index is 0.108. The predicted octanol–water partition coefficient (Wildman–Crippen LogP) is 1.83. The van der Waals surface area contributed by atoms with Crippen LogP contribution in [0.5, 0.6) is 0 Å². The van der Waals surface area contributed by atoms with Crippen LogP contribution in [0.3, 0.4) is 0 Å². The van der Waals surface area contributed by atoms with E-state index in [9.17, 15) is 14.7 Å². The number of amides is 2. The number of aromatic nitrogens is 2. The summed E-state index contributed by atoms with van der Waals surface area (Å²) < 4.78 is 1.85. The van der Waals surface area contributed by atoms with Crippen molar-refractivity contribution in [2.75, 3.05) is 0 Å². The smallest absolute Gasteiger partial charge is 0.273 e. The molecule has 1 aromatic heterocycles. The summed E-state index contributed by atoms with van der Waals surface area (Å²) in [5.41, 5.74) is 6.59. The summed E-state index contributed by atoms with van der Waals surface area (Å²) in [7, 11) is 0. The summed E-state index contributed by atoms with van der Waals surface area (Å²) in [6.45, 7) is 4.33. The van der Waals surface area contributed by atoms with Crippen molar-refractivity contribution in [1.29, 1.82) is 0 Å². The van der Waals surface area contributed by atoms with Crippen molar-refractivity contribution < 1.29 is 14.7 Å². The molecular formula is C20H28N4O3. The maximum Gasteiger partial charge on any atom is 0.273 e. The van der Waals surface area contributed by atoms with Gasteiger partial charge in [0.25, 0.3) is 5.91 Å². The Morgan fingerprint density at radius 2 is 2.07 bits per heavy atom. The van der Waals surface area contributed by atoms with Crippen LogP contribution in [0.4, 0.5) is 0 Å². The highest BCUT2D eigenvalue weighted by Crippen LogP contribution is 2.27. The highest BCUT2D eigenvalue weighted by atomic mass is 16.3. The predicted molar refractivity (Wildman–Crippen MR) is 103 cm³/mol. The number of aliphatic hydroxyl groups excluding tert-OH is 1. The molecule has 3 rings (SSSR count). The number of benzene rings is 1. The Hall–Kier alpha value is -2.41. The molecule has 4 N–H and O–H groups in total. The minimum atomic E-state index is -0.741. The number of rotatable bonds is 6. The summed E-state index contributed by atoms with van der Waals surface area (Å²) in [4.78, 5) is 24.4. The third kappa shape index (κ3) is 4.30. The number of carbonyl (C=O) groups is 2. The molecule has 1 heterocycles. The van der Waals surface area contributed by atoms with Crippen LogP contribution in [0.25, 0.3) is 10.9 Å². The van der Waals surface area contributed by atoms with E-state index in [-0.39, 0.29) is 12.0 Å². The fourth-order valence-corrected chi connectivity index (χ4v) is 3.88. The second-order valence-corrected chi connectivity index (χ2v) is 7.83. The number of aliphatic hydroxyl groups is 1. The number of fused-ring (bicyclic) bond motifs is 1. The lowest BCUT2D eigenvalue weighted by molar-refractivity contribution is -0.120. The van der Waals surface area contributed by atoms with Gasteiger partial charge in [0.2, 0.25) is 5.91 Å². The largest absolute Gasteiger partial charge is 0.393 e. The molecule has 2 amide bonds. The van der Waals surface area contributed by atoms with Gasteiger partial charge in [-0.3, -0.25) is 14.3 Å². The van der Waals surface area contributed by atoms with Crippen LogP contribution < -0.4 is 11.1 Å². The summed E-state index contributed by atoms with van der Waals surface area (Å²) in [5.74, 6) is -0.727. The molecule has 1 aliphatic carbocycles. The van der Waals surface area contributed by atoms with Gasteiger partial charge >= 0.3 is 0 Å². The number of nitrogens with two attached hydrogens (primary N) is 1. The summed E-state index contributed by atoms with van der Waals surface area (Å²) in [5, 5.41) is 17.9. The van der Waals surface area contributed by atoms with Crippen molar-refractivity contribution in [3.63, 3.8) is 0 Å². The fraction of sp³-hybridized carbons (Fsp3) is 0.550. The zero-order valence-electron chi connectivity index (χ0n) is 15.9. The second kappa shape index (κ2) is 8.08. The van der Waals surface area contributed by atoms with Gasteiger partial charge in [-0.15, -0.1) is 0 Å². The number of nitrogens with one attached hydrogen (secondary N) is 1. The van der Waals surface area contributed by atoms with Gasteiger partial charge < -0.3 is 16.2 Å². The number of carbonyl (C=O) groups excluding carboxylic acids is 2. The van der Waals surface area contributed by atoms with Gasteiger partial charge in [-0.2, -0.15) is 5.10 Å². The molecule has 27 heavy (non-hydrogen) atoms. The van der Waals surface area contributed by atoms with Gasteiger partial charge in [0, 0.05) is 11.9 Å². The van der Waals surface area contributed by atoms with Gasteiger partial charge in [-0.05, 0) is 37.2 Å². The molecule has 3 unspecified atom stereocenters. The highest BCUT2D eigenvalue weighted by molar-refractivity contribution is 6.06. The number of hydrogen-bond donors (Lipinski definition) is 3. The second-order valence-electron chi connectivity index (χ2n) is 7.83. The average Bonchev–Trinajstić information content (AvgIpc) is 2.98. The Bertz CT molecular complexity index is 830. The van der Waals surface area contributed by atoms with Gasteiger partial charge in [0.05, 0.1) is 11.6 Å². The summed E-state index contributed by atoms with van der Waals surface area (Å²) in [6, 6.07) is 6.83. The van der Waals surface area contributed by atoms with Crippen LogP contribution >= 0.6 is 0 Å². The molecule has 3 atom stereocenters. The highest BCUT2D eigenvalue weighted by Gasteiger charge is 2.26. The number of nitrogens with zero attached hydrogens (tertiary/aromatic N) is 2. The molecule has 0 spiro atoms. The summed E-state index contributed by atoms with van der Waals surface area (Å²) >= 11 is 0. The molecule has 0 saturated heterocycles. The lowest BCUT2D eigenvalue weighted by Gasteiger charge is -2.25. The molecule has 7 nitrogen and oxygen atoms in total. The van der Waals surface area contributed by atoms with Crippen LogP contribution in [0, 0.1) is 11.8 Å². The van der Waals surface area contributed by atoms with Crippen molar-refractivity contribution in [3.05, 3.63) is 30.0 Å². The van der Waals surface area contributed by atoms with E-state index in [1.165, 1.54) is 0 Å². The maximum atomic E-state index is 12.8. The zero-order chi connectivity index (χ0) is 19.6. The Morgan fingerprint density at radius 1 is 1.33 bits per heavy atom. The van der Waals surface area contributed by atoms with Crippen molar-refractivity contribution in [2.45, 2.75) is 58.2 Å². The van der Waals surface area contributed by atoms with Crippen LogP contribution in [0.1, 0.15) is 50.0 Å². The molecule has 7 heteroatoms. The topological polar surface area (TPSA) is 110 Å². The first kappa shape index (κ1) is 19.4.